The summed E-state index contributed by atoms with van der Waals surface area (Å²) in [6.45, 7) is 5.62. The lowest BCUT2D eigenvalue weighted by Crippen LogP contribution is -2.32. The van der Waals surface area contributed by atoms with Crippen molar-refractivity contribution in [3.63, 3.8) is 0 Å². The zero-order chi connectivity index (χ0) is 12.1. The molecule has 0 fully saturated rings. The number of anilines is 1. The van der Waals surface area contributed by atoms with Gasteiger partial charge in [-0.25, -0.2) is 8.78 Å². The summed E-state index contributed by atoms with van der Waals surface area (Å²) in [5, 5.41) is 2.97. The monoisotopic (exact) mass is 243 g/mol. The van der Waals surface area contributed by atoms with E-state index in [2.05, 4.69) is 5.32 Å². The van der Waals surface area contributed by atoms with Crippen molar-refractivity contribution in [1.82, 2.24) is 0 Å². The molecule has 1 nitrogen and oxygen atoms in total. The van der Waals surface area contributed by atoms with E-state index >= 15 is 0 Å². The summed E-state index contributed by atoms with van der Waals surface area (Å²) in [4.78, 5) is 0. The van der Waals surface area contributed by atoms with Gasteiger partial charge < -0.3 is 5.32 Å². The first-order valence-corrected chi connectivity index (χ1v) is 5.35. The minimum atomic E-state index is -0.740. The zero-order valence-electron chi connectivity index (χ0n) is 9.29. The van der Waals surface area contributed by atoms with Crippen molar-refractivity contribution in [2.24, 2.45) is 0 Å². The molecule has 0 spiro atoms. The quantitative estimate of drug-likeness (QED) is 0.673. The van der Waals surface area contributed by atoms with E-state index in [0.29, 0.717) is 11.3 Å². The average Bonchev–Trinajstić information content (AvgIpc) is 2.11. The second kappa shape index (κ2) is 3.45. The lowest BCUT2D eigenvalue weighted by molar-refractivity contribution is 0.578. The molecule has 0 amide bonds. The lowest BCUT2D eigenvalue weighted by Gasteiger charge is -2.32. The van der Waals surface area contributed by atoms with Crippen LogP contribution in [0.3, 0.4) is 0 Å². The fourth-order valence-electron chi connectivity index (χ4n) is 2.07. The number of hydrogen-bond acceptors (Lipinski definition) is 1. The molecule has 0 saturated carbocycles. The number of allylic oxidation sites excluding steroid dienone is 1. The molecule has 0 unspecified atom stereocenters. The Bertz CT molecular complexity index is 492. The molecule has 1 aromatic carbocycles. The lowest BCUT2D eigenvalue weighted by atomic mass is 9.91. The molecular weight excluding hydrogens is 232 g/mol. The summed E-state index contributed by atoms with van der Waals surface area (Å²) < 4.78 is 26.9. The maximum absolute atomic E-state index is 13.6. The average molecular weight is 244 g/mol. The Morgan fingerprint density at radius 1 is 1.25 bits per heavy atom. The number of hydrogen-bond donors (Lipinski definition) is 1. The van der Waals surface area contributed by atoms with Crippen LogP contribution < -0.4 is 5.32 Å². The van der Waals surface area contributed by atoms with Crippen molar-refractivity contribution < 1.29 is 8.78 Å². The normalized spacial score (nSPS) is 17.5. The number of nitrogens with one attached hydrogen (secondary N) is 1. The van der Waals surface area contributed by atoms with Gasteiger partial charge in [0.15, 0.2) is 0 Å². The Balaban J connectivity index is 2.74. The predicted molar refractivity (Wildman–Crippen MR) is 62.7 cm³/mol. The number of fused-ring (bicyclic) bond motifs is 1. The molecule has 0 aromatic heterocycles. The van der Waals surface area contributed by atoms with Gasteiger partial charge in [0.05, 0.1) is 11.2 Å². The molecule has 1 aromatic rings. The van der Waals surface area contributed by atoms with Crippen LogP contribution in [0.2, 0.25) is 5.02 Å². The second-order valence-corrected chi connectivity index (χ2v) is 4.96. The molecule has 2 rings (SSSR count). The van der Waals surface area contributed by atoms with E-state index in [-0.39, 0.29) is 10.6 Å². The van der Waals surface area contributed by atoms with Crippen molar-refractivity contribution in [1.29, 1.82) is 0 Å². The minimum Gasteiger partial charge on any atom is -0.375 e. The number of benzene rings is 1. The van der Waals surface area contributed by atoms with Gasteiger partial charge in [0.2, 0.25) is 0 Å². The Morgan fingerprint density at radius 3 is 2.50 bits per heavy atom. The number of rotatable bonds is 0. The summed E-state index contributed by atoms with van der Waals surface area (Å²) in [6.07, 6.45) is 1.90. The highest BCUT2D eigenvalue weighted by molar-refractivity contribution is 6.34. The SMILES string of the molecule is CC1=CC(C)(C)Nc2c(Cl)c(F)cc(F)c21. The van der Waals surface area contributed by atoms with Gasteiger partial charge in [-0.1, -0.05) is 17.7 Å². The van der Waals surface area contributed by atoms with E-state index in [1.54, 1.807) is 6.92 Å². The van der Waals surface area contributed by atoms with Crippen LogP contribution in [0.15, 0.2) is 12.1 Å². The highest BCUT2D eigenvalue weighted by Crippen LogP contribution is 2.40. The van der Waals surface area contributed by atoms with Gasteiger partial charge >= 0.3 is 0 Å². The molecule has 0 bridgehead atoms. The van der Waals surface area contributed by atoms with Crippen molar-refractivity contribution in [2.75, 3.05) is 5.32 Å². The number of halogens is 3. The summed E-state index contributed by atoms with van der Waals surface area (Å²) >= 11 is 5.84. The van der Waals surface area contributed by atoms with Gasteiger partial charge in [0, 0.05) is 11.6 Å². The van der Waals surface area contributed by atoms with Crippen molar-refractivity contribution >= 4 is 22.9 Å². The van der Waals surface area contributed by atoms with Gasteiger partial charge in [-0.3, -0.25) is 0 Å². The van der Waals surface area contributed by atoms with Gasteiger partial charge in [0.1, 0.15) is 16.7 Å². The third-order valence-corrected chi connectivity index (χ3v) is 2.96. The van der Waals surface area contributed by atoms with Crippen LogP contribution in [0.1, 0.15) is 26.3 Å². The molecule has 1 aliphatic heterocycles. The first-order chi connectivity index (χ1) is 7.32. The summed E-state index contributed by atoms with van der Waals surface area (Å²) in [5.41, 5.74) is 1.09. The van der Waals surface area contributed by atoms with Crippen LogP contribution in [0.25, 0.3) is 5.57 Å². The highest BCUT2D eigenvalue weighted by Gasteiger charge is 2.28. The van der Waals surface area contributed by atoms with E-state index in [0.717, 1.165) is 11.6 Å². The van der Waals surface area contributed by atoms with Crippen LogP contribution >= 0.6 is 11.6 Å². The third kappa shape index (κ3) is 1.69. The summed E-state index contributed by atoms with van der Waals surface area (Å²) in [6, 6.07) is 0.818. The zero-order valence-corrected chi connectivity index (χ0v) is 10.0. The molecule has 1 aliphatic rings. The Labute approximate surface area is 98.1 Å². The van der Waals surface area contributed by atoms with Crippen LogP contribution in [-0.2, 0) is 0 Å². The van der Waals surface area contributed by atoms with Gasteiger partial charge in [-0.15, -0.1) is 0 Å². The van der Waals surface area contributed by atoms with E-state index < -0.39 is 11.6 Å². The summed E-state index contributed by atoms with van der Waals surface area (Å²) in [7, 11) is 0. The maximum Gasteiger partial charge on any atom is 0.146 e. The predicted octanol–water partition coefficient (Wildman–Crippen LogP) is 4.23. The van der Waals surface area contributed by atoms with E-state index in [4.69, 9.17) is 11.6 Å². The molecule has 16 heavy (non-hydrogen) atoms. The standard InChI is InChI=1S/C12H12ClF2N/c1-6-5-12(2,3)16-11-9(6)7(14)4-8(15)10(11)13/h4-5,16H,1-3H3. The Kier molecular flexibility index (Phi) is 2.46. The topological polar surface area (TPSA) is 12.0 Å². The smallest absolute Gasteiger partial charge is 0.146 e. The molecule has 1 heterocycles. The van der Waals surface area contributed by atoms with Crippen molar-refractivity contribution in [2.45, 2.75) is 26.3 Å². The van der Waals surface area contributed by atoms with Gasteiger partial charge in [-0.05, 0) is 26.3 Å². The third-order valence-electron chi connectivity index (χ3n) is 2.59. The molecule has 0 atom stereocenters. The van der Waals surface area contributed by atoms with Gasteiger partial charge in [0.25, 0.3) is 0 Å². The first kappa shape index (κ1) is 11.4. The van der Waals surface area contributed by atoms with Crippen LogP contribution in [0, 0.1) is 11.6 Å². The van der Waals surface area contributed by atoms with Crippen LogP contribution in [0.5, 0.6) is 0 Å². The van der Waals surface area contributed by atoms with Crippen LogP contribution in [-0.4, -0.2) is 5.54 Å². The van der Waals surface area contributed by atoms with E-state index in [1.807, 2.05) is 19.9 Å². The molecule has 4 heteroatoms. The van der Waals surface area contributed by atoms with Crippen molar-refractivity contribution in [3.8, 4) is 0 Å². The molecule has 1 N–H and O–H groups in total. The Morgan fingerprint density at radius 2 is 1.88 bits per heavy atom. The fourth-order valence-corrected chi connectivity index (χ4v) is 2.27. The van der Waals surface area contributed by atoms with E-state index in [1.165, 1.54) is 0 Å². The highest BCUT2D eigenvalue weighted by atomic mass is 35.5. The Hall–Kier alpha value is -1.09. The molecule has 0 radical (unpaired) electrons. The van der Waals surface area contributed by atoms with Crippen molar-refractivity contribution in [3.05, 3.63) is 34.4 Å². The molecule has 86 valence electrons. The van der Waals surface area contributed by atoms with Crippen LogP contribution in [0.4, 0.5) is 14.5 Å². The summed E-state index contributed by atoms with van der Waals surface area (Å²) in [5.74, 6) is -1.33. The second-order valence-electron chi connectivity index (χ2n) is 4.58. The largest absolute Gasteiger partial charge is 0.375 e. The minimum absolute atomic E-state index is 0.0584. The first-order valence-electron chi connectivity index (χ1n) is 4.97. The fraction of sp³-hybridized carbons (Fsp3) is 0.333. The van der Waals surface area contributed by atoms with Gasteiger partial charge in [-0.2, -0.15) is 0 Å². The maximum atomic E-state index is 13.6. The van der Waals surface area contributed by atoms with E-state index in [9.17, 15) is 8.78 Å². The molecular formula is C12H12ClF2N. The molecule has 0 aliphatic carbocycles. The molecule has 0 saturated heterocycles.